The van der Waals surface area contributed by atoms with E-state index in [1.807, 2.05) is 55.5 Å². The van der Waals surface area contributed by atoms with E-state index in [0.717, 1.165) is 16.9 Å². The normalized spacial score (nSPS) is 13.9. The molecule has 4 heterocycles. The maximum atomic E-state index is 14.4. The molecule has 4 aromatic carbocycles. The molecule has 18 heteroatoms. The number of fused-ring (bicyclic) bond motifs is 1. The Morgan fingerprint density at radius 1 is 0.958 bits per heavy atom. The number of hydrogen-bond acceptors (Lipinski definition) is 16. The number of benzene rings is 4. The molecule has 376 valence electrons. The summed E-state index contributed by atoms with van der Waals surface area (Å²) in [7, 11) is 1.58. The van der Waals surface area contributed by atoms with E-state index in [4.69, 9.17) is 49.7 Å². The number of methoxy groups -OCH3 is 1. The molecule has 0 amide bonds. The molecular formula is C54H55ClFN5O10S. The van der Waals surface area contributed by atoms with Gasteiger partial charge in [-0.15, -0.1) is 11.3 Å². The van der Waals surface area contributed by atoms with E-state index >= 15 is 0 Å². The van der Waals surface area contributed by atoms with Crippen molar-refractivity contribution < 1.29 is 52.2 Å². The number of aliphatic hydroxyl groups excluding tert-OH is 1. The van der Waals surface area contributed by atoms with Crippen molar-refractivity contribution >= 4 is 45.1 Å². The number of carbonyl (C=O) groups is 2. The van der Waals surface area contributed by atoms with E-state index in [9.17, 15) is 19.1 Å². The second kappa shape index (κ2) is 23.3. The number of nitrogens with zero attached hydrogens (tertiary/aromatic N) is 4. The van der Waals surface area contributed by atoms with E-state index in [-0.39, 0.29) is 32.1 Å². The molecule has 2 N–H and O–H groups in total. The number of halogens is 2. The molecule has 2 unspecified atom stereocenters. The molecule has 1 aliphatic heterocycles. The lowest BCUT2D eigenvalue weighted by Crippen LogP contribution is -2.43. The minimum absolute atomic E-state index is 0.0160. The maximum absolute atomic E-state index is 14.4. The summed E-state index contributed by atoms with van der Waals surface area (Å²) in [5, 5.41) is 14.2. The highest BCUT2D eigenvalue weighted by atomic mass is 35.5. The second-order valence-electron chi connectivity index (χ2n) is 17.8. The molecule has 0 spiro atoms. The zero-order valence-corrected chi connectivity index (χ0v) is 42.3. The van der Waals surface area contributed by atoms with E-state index in [0.29, 0.717) is 90.4 Å². The Bertz CT molecular complexity index is 3040. The number of rotatable bonds is 19. The Kier molecular flexibility index (Phi) is 16.7. The molecule has 1 aliphatic rings. The van der Waals surface area contributed by atoms with Gasteiger partial charge in [0.15, 0.2) is 12.1 Å². The molecule has 1 fully saturated rings. The predicted octanol–water partition coefficient (Wildman–Crippen LogP) is 9.95. The van der Waals surface area contributed by atoms with Crippen LogP contribution < -0.4 is 19.5 Å². The first kappa shape index (κ1) is 51.7. The Balaban J connectivity index is 1.18. The van der Waals surface area contributed by atoms with Crippen LogP contribution in [0.4, 0.5) is 4.39 Å². The molecular weight excluding hydrogens is 965 g/mol. The van der Waals surface area contributed by atoms with Crippen LogP contribution in [0.1, 0.15) is 68.4 Å². The van der Waals surface area contributed by atoms with Gasteiger partial charge in [-0.05, 0) is 105 Å². The number of nitrogens with one attached hydrogen (secondary N) is 1. The maximum Gasteiger partial charge on any atom is 0.347 e. The van der Waals surface area contributed by atoms with Crippen molar-refractivity contribution in [1.82, 2.24) is 25.3 Å². The summed E-state index contributed by atoms with van der Waals surface area (Å²) in [6.07, 6.45) is 1.76. The third-order valence-corrected chi connectivity index (χ3v) is 13.2. The zero-order valence-electron chi connectivity index (χ0n) is 40.7. The molecule has 8 rings (SSSR count). The largest absolute Gasteiger partial charge is 0.496 e. The van der Waals surface area contributed by atoms with Gasteiger partial charge in [-0.1, -0.05) is 60.1 Å². The number of esters is 2. The quantitative estimate of drug-likeness (QED) is 0.0730. The van der Waals surface area contributed by atoms with Gasteiger partial charge in [-0.3, -0.25) is 10.1 Å². The number of ether oxygens (including phenoxy) is 7. The molecule has 1 saturated heterocycles. The molecule has 2 atom stereocenters. The van der Waals surface area contributed by atoms with Crippen LogP contribution in [-0.4, -0.2) is 88.3 Å². The lowest BCUT2D eigenvalue weighted by Gasteiger charge is -2.25. The van der Waals surface area contributed by atoms with Gasteiger partial charge < -0.3 is 38.3 Å². The average Bonchev–Trinajstić information content (AvgIpc) is 3.77. The van der Waals surface area contributed by atoms with Crippen molar-refractivity contribution in [3.05, 3.63) is 136 Å². The monoisotopic (exact) mass is 1020 g/mol. The van der Waals surface area contributed by atoms with Crippen LogP contribution in [0.5, 0.6) is 17.4 Å². The smallest absolute Gasteiger partial charge is 0.347 e. The molecule has 3 aromatic heterocycles. The first-order chi connectivity index (χ1) is 34.7. The third-order valence-electron chi connectivity index (χ3n) is 11.5. The summed E-state index contributed by atoms with van der Waals surface area (Å²) in [6, 6.07) is 23.5. The van der Waals surface area contributed by atoms with Crippen LogP contribution in [-0.2, 0) is 48.1 Å². The van der Waals surface area contributed by atoms with Gasteiger partial charge >= 0.3 is 11.9 Å². The van der Waals surface area contributed by atoms with Crippen LogP contribution in [0.15, 0.2) is 97.5 Å². The fourth-order valence-electron chi connectivity index (χ4n) is 8.09. The fraction of sp³-hybridized carbons (Fsp3) is 0.333. The van der Waals surface area contributed by atoms with Crippen molar-refractivity contribution in [3.8, 4) is 50.3 Å². The number of para-hydroxylation sites is 1. The Morgan fingerprint density at radius 2 is 1.74 bits per heavy atom. The first-order valence-corrected chi connectivity index (χ1v) is 24.6. The van der Waals surface area contributed by atoms with Crippen molar-refractivity contribution in [2.24, 2.45) is 0 Å². The lowest BCUT2D eigenvalue weighted by molar-refractivity contribution is -0.182. The number of carbonyl (C=O) groups excluding carboxylic acids is 2. The van der Waals surface area contributed by atoms with Crippen LogP contribution in [0.25, 0.3) is 43.2 Å². The molecule has 7 aromatic rings. The highest BCUT2D eigenvalue weighted by molar-refractivity contribution is 7.22. The van der Waals surface area contributed by atoms with Crippen molar-refractivity contribution in [3.63, 3.8) is 0 Å². The van der Waals surface area contributed by atoms with E-state index in [2.05, 4.69) is 20.3 Å². The van der Waals surface area contributed by atoms with Gasteiger partial charge in [0, 0.05) is 35.2 Å². The van der Waals surface area contributed by atoms with Gasteiger partial charge in [-0.25, -0.2) is 29.1 Å². The summed E-state index contributed by atoms with van der Waals surface area (Å²) < 4.78 is 56.2. The van der Waals surface area contributed by atoms with Crippen LogP contribution >= 0.6 is 22.9 Å². The van der Waals surface area contributed by atoms with E-state index in [1.54, 1.807) is 65.3 Å². The summed E-state index contributed by atoms with van der Waals surface area (Å²) in [4.78, 5) is 47.0. The molecule has 15 nitrogen and oxygen atoms in total. The molecule has 0 bridgehead atoms. The van der Waals surface area contributed by atoms with Gasteiger partial charge in [0.25, 0.3) is 0 Å². The van der Waals surface area contributed by atoms with Crippen molar-refractivity contribution in [2.45, 2.75) is 84.6 Å². The summed E-state index contributed by atoms with van der Waals surface area (Å²) in [6.45, 7) is 9.62. The summed E-state index contributed by atoms with van der Waals surface area (Å²) in [5.41, 5.74) is 5.22. The standard InChI is InChI=1S/C54H55ClFN5O10S/c1-7-66-52(64)43(70-49-45-44(37-18-19-39(46(55)31(37)2)53-67-23-10-24-68-53)47(72-50(45)60-30-59-49)33-14-16-35(56)17-15-33)26-34-25-32(27-58-40(28-62)51(63)71-54(3,4)5)13-20-41(34)69-29-36-21-22-57-48(61-36)38-11-8-9-12-42(38)65-6/h8-9,11-22,25,30,40,43,53,58,62H,7,10,23-24,26-29H2,1-6H3. The van der Waals surface area contributed by atoms with Crippen LogP contribution in [0, 0.1) is 12.7 Å². The Morgan fingerprint density at radius 3 is 2.47 bits per heavy atom. The zero-order chi connectivity index (χ0) is 50.9. The SMILES string of the molecule is CCOC(=O)C(Cc1cc(CNC(CO)C(=O)OC(C)(C)C)ccc1OCc1ccnc(-c2ccccc2OC)n1)Oc1ncnc2sc(-c3ccc(F)cc3)c(-c3ccc(C4OCCCO4)c(Cl)c3C)c12. The first-order valence-electron chi connectivity index (χ1n) is 23.4. The summed E-state index contributed by atoms with van der Waals surface area (Å²) >= 11 is 8.50. The van der Waals surface area contributed by atoms with Crippen LogP contribution in [0.3, 0.4) is 0 Å². The number of thiophene rings is 1. The van der Waals surface area contributed by atoms with Gasteiger partial charge in [0.1, 0.15) is 46.7 Å². The minimum Gasteiger partial charge on any atom is -0.496 e. The molecule has 0 saturated carbocycles. The molecule has 0 radical (unpaired) electrons. The Labute approximate surface area is 425 Å². The summed E-state index contributed by atoms with van der Waals surface area (Å²) in [5.74, 6) is -0.128. The van der Waals surface area contributed by atoms with Gasteiger partial charge in [0.05, 0.1) is 55.2 Å². The Hall–Kier alpha value is -6.60. The van der Waals surface area contributed by atoms with E-state index < -0.39 is 48.4 Å². The third kappa shape index (κ3) is 12.2. The number of aliphatic hydroxyl groups is 1. The van der Waals surface area contributed by atoms with Gasteiger partial charge in [0.2, 0.25) is 12.0 Å². The van der Waals surface area contributed by atoms with E-state index in [1.165, 1.54) is 29.8 Å². The van der Waals surface area contributed by atoms with Gasteiger partial charge in [-0.2, -0.15) is 0 Å². The predicted molar refractivity (Wildman–Crippen MR) is 270 cm³/mol. The fourth-order valence-corrected chi connectivity index (χ4v) is 9.50. The highest BCUT2D eigenvalue weighted by Crippen LogP contribution is 2.49. The van der Waals surface area contributed by atoms with Crippen molar-refractivity contribution in [1.29, 1.82) is 0 Å². The lowest BCUT2D eigenvalue weighted by atomic mass is 9.94. The van der Waals surface area contributed by atoms with Crippen molar-refractivity contribution in [2.75, 3.05) is 33.5 Å². The highest BCUT2D eigenvalue weighted by Gasteiger charge is 2.31. The number of hydrogen-bond donors (Lipinski definition) is 2. The minimum atomic E-state index is -1.30. The second-order valence-corrected chi connectivity index (χ2v) is 19.1. The van der Waals surface area contributed by atoms with Crippen LogP contribution in [0.2, 0.25) is 5.02 Å². The number of aromatic nitrogens is 4. The molecule has 0 aliphatic carbocycles. The molecule has 72 heavy (non-hydrogen) atoms. The average molecular weight is 1020 g/mol. The topological polar surface area (TPSA) is 183 Å².